The average molecular weight is 245 g/mol. The molecule has 0 aliphatic carbocycles. The molecule has 0 aromatic heterocycles. The van der Waals surface area contributed by atoms with Crippen molar-refractivity contribution in [2.75, 3.05) is 13.1 Å². The molecule has 1 aliphatic rings. The van der Waals surface area contributed by atoms with Crippen LogP contribution in [0.25, 0.3) is 0 Å². The zero-order valence-corrected chi connectivity index (χ0v) is 11.0. The Kier molecular flexibility index (Phi) is 3.80. The number of carbonyl (C=O) groups is 2. The van der Waals surface area contributed by atoms with Gasteiger partial charge in [-0.05, 0) is 31.4 Å². The molecule has 1 amide bonds. The number of benzene rings is 1. The number of aryl methyl sites for hydroxylation is 1. The monoisotopic (exact) mass is 245 g/mol. The zero-order chi connectivity index (χ0) is 13.1. The summed E-state index contributed by atoms with van der Waals surface area (Å²) in [4.78, 5) is 25.9. The molecule has 1 heterocycles. The molecule has 1 fully saturated rings. The molecule has 18 heavy (non-hydrogen) atoms. The minimum absolute atomic E-state index is 0.0655. The maximum atomic E-state index is 12.3. The molecule has 0 unspecified atom stereocenters. The lowest BCUT2D eigenvalue weighted by atomic mass is 10.0. The van der Waals surface area contributed by atoms with Crippen molar-refractivity contribution in [3.63, 3.8) is 0 Å². The third-order valence-electron chi connectivity index (χ3n) is 3.50. The van der Waals surface area contributed by atoms with Gasteiger partial charge in [0.25, 0.3) is 5.91 Å². The Morgan fingerprint density at radius 2 is 1.89 bits per heavy atom. The molecule has 1 aliphatic heterocycles. The van der Waals surface area contributed by atoms with Crippen LogP contribution in [0.5, 0.6) is 0 Å². The predicted molar refractivity (Wildman–Crippen MR) is 70.9 cm³/mol. The molecule has 3 heteroatoms. The van der Waals surface area contributed by atoms with E-state index < -0.39 is 0 Å². The quantitative estimate of drug-likeness (QED) is 0.768. The molecule has 2 rings (SSSR count). The second-order valence-electron chi connectivity index (χ2n) is 4.81. The van der Waals surface area contributed by atoms with E-state index in [2.05, 4.69) is 0 Å². The van der Waals surface area contributed by atoms with Crippen LogP contribution in [-0.4, -0.2) is 29.7 Å². The number of rotatable bonds is 3. The van der Waals surface area contributed by atoms with E-state index in [4.69, 9.17) is 0 Å². The van der Waals surface area contributed by atoms with E-state index in [0.717, 1.165) is 31.5 Å². The highest BCUT2D eigenvalue weighted by Gasteiger charge is 2.21. The number of Topliss-reactive ketones (excluding diaryl/α,β-unsaturated/α-hetero) is 1. The normalized spacial score (nSPS) is 14.9. The van der Waals surface area contributed by atoms with E-state index in [0.29, 0.717) is 17.5 Å². The average Bonchev–Trinajstić information content (AvgIpc) is 2.91. The number of hydrogen-bond donors (Lipinski definition) is 0. The number of hydrogen-bond acceptors (Lipinski definition) is 2. The van der Waals surface area contributed by atoms with Crippen LogP contribution in [0.3, 0.4) is 0 Å². The van der Waals surface area contributed by atoms with Gasteiger partial charge >= 0.3 is 0 Å². The third-order valence-corrected chi connectivity index (χ3v) is 3.50. The number of ketones is 1. The number of nitrogens with zero attached hydrogens (tertiary/aromatic N) is 1. The minimum atomic E-state index is 0.0655. The van der Waals surface area contributed by atoms with Crippen molar-refractivity contribution >= 4 is 11.7 Å². The first-order valence-electron chi connectivity index (χ1n) is 6.56. The molecule has 3 nitrogen and oxygen atoms in total. The van der Waals surface area contributed by atoms with Crippen LogP contribution < -0.4 is 0 Å². The van der Waals surface area contributed by atoms with Crippen LogP contribution >= 0.6 is 0 Å². The lowest BCUT2D eigenvalue weighted by Crippen LogP contribution is -2.28. The van der Waals surface area contributed by atoms with Gasteiger partial charge in [-0.15, -0.1) is 0 Å². The van der Waals surface area contributed by atoms with Gasteiger partial charge in [-0.25, -0.2) is 0 Å². The fourth-order valence-electron chi connectivity index (χ4n) is 2.32. The van der Waals surface area contributed by atoms with Gasteiger partial charge in [0.15, 0.2) is 5.78 Å². The number of likely N-dealkylation sites (tertiary alicyclic amines) is 1. The molecule has 96 valence electrons. The van der Waals surface area contributed by atoms with E-state index in [1.54, 1.807) is 6.07 Å². The van der Waals surface area contributed by atoms with Crippen LogP contribution in [0.1, 0.15) is 52.5 Å². The highest BCUT2D eigenvalue weighted by atomic mass is 16.2. The standard InChI is InChI=1S/C15H19NO2/c1-3-14(17)12-7-6-11(2)13(10-12)15(18)16-8-4-5-9-16/h6-7,10H,3-5,8-9H2,1-2H3. The molecule has 1 aromatic rings. The van der Waals surface area contributed by atoms with Crippen molar-refractivity contribution in [1.82, 2.24) is 4.90 Å². The molecule has 0 spiro atoms. The van der Waals surface area contributed by atoms with Gasteiger partial charge in [-0.2, -0.15) is 0 Å². The van der Waals surface area contributed by atoms with E-state index >= 15 is 0 Å². The Morgan fingerprint density at radius 1 is 1.22 bits per heavy atom. The molecule has 0 N–H and O–H groups in total. The number of amides is 1. The highest BCUT2D eigenvalue weighted by Crippen LogP contribution is 2.18. The Morgan fingerprint density at radius 3 is 2.50 bits per heavy atom. The summed E-state index contributed by atoms with van der Waals surface area (Å²) in [5, 5.41) is 0. The van der Waals surface area contributed by atoms with Crippen LogP contribution in [0, 0.1) is 6.92 Å². The molecular formula is C15H19NO2. The first-order valence-corrected chi connectivity index (χ1v) is 6.56. The van der Waals surface area contributed by atoms with Crippen molar-refractivity contribution < 1.29 is 9.59 Å². The third kappa shape index (κ3) is 2.45. The second-order valence-corrected chi connectivity index (χ2v) is 4.81. The van der Waals surface area contributed by atoms with Crippen molar-refractivity contribution in [2.45, 2.75) is 33.1 Å². The van der Waals surface area contributed by atoms with Gasteiger partial charge in [0.05, 0.1) is 0 Å². The van der Waals surface area contributed by atoms with Gasteiger partial charge in [-0.1, -0.05) is 19.1 Å². The molecule has 1 saturated heterocycles. The maximum Gasteiger partial charge on any atom is 0.254 e. The lowest BCUT2D eigenvalue weighted by molar-refractivity contribution is 0.0792. The highest BCUT2D eigenvalue weighted by molar-refractivity contribution is 6.01. The van der Waals surface area contributed by atoms with Gasteiger partial charge in [-0.3, -0.25) is 9.59 Å². The smallest absolute Gasteiger partial charge is 0.254 e. The summed E-state index contributed by atoms with van der Waals surface area (Å²) in [5.74, 6) is 0.154. The second kappa shape index (κ2) is 5.34. The molecule has 0 bridgehead atoms. The summed E-state index contributed by atoms with van der Waals surface area (Å²) >= 11 is 0. The predicted octanol–water partition coefficient (Wildman–Crippen LogP) is 2.82. The fraction of sp³-hybridized carbons (Fsp3) is 0.467. The Bertz CT molecular complexity index is 473. The van der Waals surface area contributed by atoms with E-state index in [9.17, 15) is 9.59 Å². The molecular weight excluding hydrogens is 226 g/mol. The SMILES string of the molecule is CCC(=O)c1ccc(C)c(C(=O)N2CCCC2)c1. The topological polar surface area (TPSA) is 37.4 Å². The summed E-state index contributed by atoms with van der Waals surface area (Å²) in [5.41, 5.74) is 2.27. The Labute approximate surface area is 108 Å². The minimum Gasteiger partial charge on any atom is -0.339 e. The van der Waals surface area contributed by atoms with E-state index in [1.807, 2.05) is 30.9 Å². The van der Waals surface area contributed by atoms with Crippen molar-refractivity contribution in [3.8, 4) is 0 Å². The van der Waals surface area contributed by atoms with E-state index in [-0.39, 0.29) is 11.7 Å². The first kappa shape index (κ1) is 12.8. The summed E-state index contributed by atoms with van der Waals surface area (Å²) in [7, 11) is 0. The molecule has 0 radical (unpaired) electrons. The summed E-state index contributed by atoms with van der Waals surface area (Å²) in [6, 6.07) is 5.43. The summed E-state index contributed by atoms with van der Waals surface area (Å²) in [6.45, 7) is 5.43. The van der Waals surface area contributed by atoms with Crippen LogP contribution in [-0.2, 0) is 0 Å². The summed E-state index contributed by atoms with van der Waals surface area (Å²) < 4.78 is 0. The Hall–Kier alpha value is -1.64. The van der Waals surface area contributed by atoms with Crippen LogP contribution in [0.15, 0.2) is 18.2 Å². The summed E-state index contributed by atoms with van der Waals surface area (Å²) in [6.07, 6.45) is 2.64. The maximum absolute atomic E-state index is 12.3. The fourth-order valence-corrected chi connectivity index (χ4v) is 2.32. The largest absolute Gasteiger partial charge is 0.339 e. The number of carbonyl (C=O) groups excluding carboxylic acids is 2. The molecule has 0 atom stereocenters. The van der Waals surface area contributed by atoms with Gasteiger partial charge < -0.3 is 4.90 Å². The molecule has 0 saturated carbocycles. The lowest BCUT2D eigenvalue weighted by Gasteiger charge is -2.17. The van der Waals surface area contributed by atoms with Crippen molar-refractivity contribution in [1.29, 1.82) is 0 Å². The first-order chi connectivity index (χ1) is 8.63. The van der Waals surface area contributed by atoms with E-state index in [1.165, 1.54) is 0 Å². The van der Waals surface area contributed by atoms with Gasteiger partial charge in [0.1, 0.15) is 0 Å². The zero-order valence-electron chi connectivity index (χ0n) is 11.0. The van der Waals surface area contributed by atoms with Crippen molar-refractivity contribution in [3.05, 3.63) is 34.9 Å². The van der Waals surface area contributed by atoms with Gasteiger partial charge in [0, 0.05) is 30.6 Å². The molecule has 1 aromatic carbocycles. The van der Waals surface area contributed by atoms with Crippen LogP contribution in [0.4, 0.5) is 0 Å². The van der Waals surface area contributed by atoms with Crippen LogP contribution in [0.2, 0.25) is 0 Å². The Balaban J connectivity index is 2.30. The van der Waals surface area contributed by atoms with Gasteiger partial charge in [0.2, 0.25) is 0 Å². The van der Waals surface area contributed by atoms with Crippen molar-refractivity contribution in [2.24, 2.45) is 0 Å².